The standard InChI is InChI=1S/C26H25ClN4O5S/c1-5-6-17-7-8-21(22(13-17)33-3)35-9-10-36-24-20(27)12-18(14-23(24)34-4)11-19(15-28)25(32)29-26-31-30-16(2)37-26/h5,7-8,11-14H,1,6,9-10H2,2-4H3,(H,29,31,32)/b19-11-. The third-order valence-corrected chi connectivity index (χ3v) is 5.90. The third-order valence-electron chi connectivity index (χ3n) is 4.87. The minimum Gasteiger partial charge on any atom is -0.493 e. The molecule has 1 amide bonds. The van der Waals surface area contributed by atoms with Crippen LogP contribution in [0.2, 0.25) is 5.02 Å². The minimum absolute atomic E-state index is 0.138. The van der Waals surface area contributed by atoms with E-state index in [0.29, 0.717) is 38.7 Å². The van der Waals surface area contributed by atoms with Gasteiger partial charge in [-0.2, -0.15) is 5.26 Å². The molecule has 1 N–H and O–H groups in total. The maximum Gasteiger partial charge on any atom is 0.268 e. The molecule has 0 fully saturated rings. The number of carbonyl (C=O) groups excluding carboxylic acids is 1. The molecule has 0 atom stereocenters. The molecule has 3 aromatic rings. The van der Waals surface area contributed by atoms with Gasteiger partial charge >= 0.3 is 0 Å². The molecule has 0 saturated heterocycles. The molecule has 2 aromatic carbocycles. The molecule has 0 saturated carbocycles. The third kappa shape index (κ3) is 7.46. The normalized spacial score (nSPS) is 10.8. The number of anilines is 1. The first-order chi connectivity index (χ1) is 17.9. The van der Waals surface area contributed by atoms with Crippen LogP contribution in [0.5, 0.6) is 23.0 Å². The predicted octanol–water partition coefficient (Wildman–Crippen LogP) is 5.25. The fraction of sp³-hybridized carbons (Fsp3) is 0.231. The smallest absolute Gasteiger partial charge is 0.268 e. The Morgan fingerprint density at radius 2 is 1.89 bits per heavy atom. The Morgan fingerprint density at radius 3 is 2.54 bits per heavy atom. The molecular weight excluding hydrogens is 516 g/mol. The Hall–Kier alpha value is -4.07. The molecule has 37 heavy (non-hydrogen) atoms. The van der Waals surface area contributed by atoms with Gasteiger partial charge in [0, 0.05) is 0 Å². The van der Waals surface area contributed by atoms with Gasteiger partial charge in [-0.05, 0) is 54.8 Å². The van der Waals surface area contributed by atoms with Crippen LogP contribution < -0.4 is 24.3 Å². The van der Waals surface area contributed by atoms with E-state index in [1.165, 1.54) is 24.5 Å². The van der Waals surface area contributed by atoms with E-state index in [9.17, 15) is 10.1 Å². The van der Waals surface area contributed by atoms with E-state index in [2.05, 4.69) is 22.1 Å². The number of benzene rings is 2. The fourth-order valence-corrected chi connectivity index (χ4v) is 4.07. The first-order valence-electron chi connectivity index (χ1n) is 11.0. The molecule has 11 heteroatoms. The van der Waals surface area contributed by atoms with Gasteiger partial charge in [-0.1, -0.05) is 35.1 Å². The van der Waals surface area contributed by atoms with Crippen LogP contribution in [0.1, 0.15) is 16.1 Å². The Morgan fingerprint density at radius 1 is 1.14 bits per heavy atom. The van der Waals surface area contributed by atoms with Crippen molar-refractivity contribution in [1.29, 1.82) is 5.26 Å². The molecule has 1 aromatic heterocycles. The van der Waals surface area contributed by atoms with Crippen molar-refractivity contribution in [3.8, 4) is 29.1 Å². The number of amides is 1. The molecule has 192 valence electrons. The number of aryl methyl sites for hydroxylation is 1. The SMILES string of the molecule is C=CCc1ccc(OCCOc2c(Cl)cc(/C=C(/C#N)C(=O)Nc3nnc(C)s3)cc2OC)c(OC)c1. The van der Waals surface area contributed by atoms with Gasteiger partial charge in [0.05, 0.1) is 19.2 Å². The molecule has 0 aliphatic rings. The molecule has 0 spiro atoms. The fourth-order valence-electron chi connectivity index (χ4n) is 3.21. The maximum absolute atomic E-state index is 12.5. The zero-order chi connectivity index (χ0) is 26.8. The summed E-state index contributed by atoms with van der Waals surface area (Å²) >= 11 is 7.64. The monoisotopic (exact) mass is 540 g/mol. The number of methoxy groups -OCH3 is 2. The number of aromatic nitrogens is 2. The van der Waals surface area contributed by atoms with Crippen molar-refractivity contribution >= 4 is 40.1 Å². The molecular formula is C26H25ClN4O5S. The highest BCUT2D eigenvalue weighted by atomic mass is 35.5. The van der Waals surface area contributed by atoms with Gasteiger partial charge < -0.3 is 18.9 Å². The van der Waals surface area contributed by atoms with Crippen LogP contribution in [0.3, 0.4) is 0 Å². The summed E-state index contributed by atoms with van der Waals surface area (Å²) in [4.78, 5) is 12.5. The van der Waals surface area contributed by atoms with Gasteiger partial charge in [0.15, 0.2) is 23.0 Å². The van der Waals surface area contributed by atoms with E-state index in [-0.39, 0.29) is 23.8 Å². The second-order valence-corrected chi connectivity index (χ2v) is 9.05. The number of nitrogens with one attached hydrogen (secondary N) is 1. The second kappa shape index (κ2) is 13.3. The number of ether oxygens (including phenoxy) is 4. The van der Waals surface area contributed by atoms with E-state index in [1.807, 2.05) is 30.3 Å². The Kier molecular flexibility index (Phi) is 9.89. The highest BCUT2D eigenvalue weighted by Gasteiger charge is 2.16. The number of carbonyl (C=O) groups is 1. The van der Waals surface area contributed by atoms with E-state index < -0.39 is 5.91 Å². The van der Waals surface area contributed by atoms with Crippen LogP contribution in [0.25, 0.3) is 6.08 Å². The maximum atomic E-state index is 12.5. The van der Waals surface area contributed by atoms with Gasteiger partial charge in [-0.3, -0.25) is 10.1 Å². The summed E-state index contributed by atoms with van der Waals surface area (Å²) in [5.41, 5.74) is 1.41. The molecule has 0 bridgehead atoms. The summed E-state index contributed by atoms with van der Waals surface area (Å²) in [6.07, 6.45) is 3.94. The largest absolute Gasteiger partial charge is 0.493 e. The zero-order valence-electron chi connectivity index (χ0n) is 20.5. The van der Waals surface area contributed by atoms with Gasteiger partial charge in [-0.25, -0.2) is 0 Å². The van der Waals surface area contributed by atoms with E-state index in [4.69, 9.17) is 30.5 Å². The highest BCUT2D eigenvalue weighted by Crippen LogP contribution is 2.37. The average Bonchev–Trinajstić information content (AvgIpc) is 3.30. The first kappa shape index (κ1) is 27.5. The van der Waals surface area contributed by atoms with Crippen molar-refractivity contribution in [2.75, 3.05) is 32.8 Å². The van der Waals surface area contributed by atoms with Crippen molar-refractivity contribution < 1.29 is 23.7 Å². The van der Waals surface area contributed by atoms with Gasteiger partial charge in [0.1, 0.15) is 29.9 Å². The highest BCUT2D eigenvalue weighted by molar-refractivity contribution is 7.15. The quantitative estimate of drug-likeness (QED) is 0.143. The first-order valence-corrected chi connectivity index (χ1v) is 12.2. The van der Waals surface area contributed by atoms with Crippen molar-refractivity contribution in [3.63, 3.8) is 0 Å². The summed E-state index contributed by atoms with van der Waals surface area (Å²) in [7, 11) is 3.05. The van der Waals surface area contributed by atoms with Crippen molar-refractivity contribution in [1.82, 2.24) is 10.2 Å². The van der Waals surface area contributed by atoms with Crippen LogP contribution >= 0.6 is 22.9 Å². The lowest BCUT2D eigenvalue weighted by molar-refractivity contribution is -0.112. The van der Waals surface area contributed by atoms with Gasteiger partial charge in [0.2, 0.25) is 5.13 Å². The van der Waals surface area contributed by atoms with Crippen LogP contribution in [-0.2, 0) is 11.2 Å². The van der Waals surface area contributed by atoms with Crippen molar-refractivity contribution in [2.45, 2.75) is 13.3 Å². The van der Waals surface area contributed by atoms with Crippen LogP contribution in [0, 0.1) is 18.3 Å². The van der Waals surface area contributed by atoms with Gasteiger partial charge in [-0.15, -0.1) is 16.8 Å². The summed E-state index contributed by atoms with van der Waals surface area (Å²) in [6, 6.07) is 10.7. The molecule has 3 rings (SSSR count). The van der Waals surface area contributed by atoms with Crippen molar-refractivity contribution in [3.05, 3.63) is 69.7 Å². The molecule has 0 aliphatic carbocycles. The molecule has 9 nitrogen and oxygen atoms in total. The van der Waals surface area contributed by atoms with Crippen LogP contribution in [0.15, 0.2) is 48.6 Å². The number of nitriles is 1. The summed E-state index contributed by atoms with van der Waals surface area (Å²) in [5, 5.41) is 20.9. The molecule has 0 aliphatic heterocycles. The average molecular weight is 541 g/mol. The summed E-state index contributed by atoms with van der Waals surface area (Å²) in [5.74, 6) is 1.24. The molecule has 0 radical (unpaired) electrons. The zero-order valence-corrected chi connectivity index (χ0v) is 22.1. The van der Waals surface area contributed by atoms with E-state index in [0.717, 1.165) is 12.0 Å². The lowest BCUT2D eigenvalue weighted by Crippen LogP contribution is -2.13. The van der Waals surface area contributed by atoms with Gasteiger partial charge in [0.25, 0.3) is 5.91 Å². The summed E-state index contributed by atoms with van der Waals surface area (Å²) < 4.78 is 22.4. The van der Waals surface area contributed by atoms with E-state index >= 15 is 0 Å². The topological polar surface area (TPSA) is 116 Å². The van der Waals surface area contributed by atoms with Crippen LogP contribution in [-0.4, -0.2) is 43.5 Å². The van der Waals surface area contributed by atoms with Crippen molar-refractivity contribution in [2.24, 2.45) is 0 Å². The Balaban J connectivity index is 1.67. The number of allylic oxidation sites excluding steroid dienone is 1. The summed E-state index contributed by atoms with van der Waals surface area (Å²) in [6.45, 7) is 5.90. The molecule has 0 unspecified atom stereocenters. The minimum atomic E-state index is -0.612. The predicted molar refractivity (Wildman–Crippen MR) is 143 cm³/mol. The Bertz CT molecular complexity index is 1350. The molecule has 1 heterocycles. The lowest BCUT2D eigenvalue weighted by Gasteiger charge is -2.15. The van der Waals surface area contributed by atoms with E-state index in [1.54, 1.807) is 26.2 Å². The second-order valence-electron chi connectivity index (χ2n) is 7.46. The lowest BCUT2D eigenvalue weighted by atomic mass is 10.1. The number of hydrogen-bond donors (Lipinski definition) is 1. The number of rotatable bonds is 12. The Labute approximate surface area is 223 Å². The number of hydrogen-bond acceptors (Lipinski definition) is 9. The number of halogens is 1. The number of nitrogens with zero attached hydrogens (tertiary/aromatic N) is 3. The van der Waals surface area contributed by atoms with Crippen LogP contribution in [0.4, 0.5) is 5.13 Å².